The zero-order chi connectivity index (χ0) is 25.7. The van der Waals surface area contributed by atoms with E-state index in [9.17, 15) is 14.9 Å². The van der Waals surface area contributed by atoms with Gasteiger partial charge in [0.05, 0.1) is 27.5 Å². The van der Waals surface area contributed by atoms with Crippen LogP contribution in [0.4, 0.5) is 5.69 Å². The van der Waals surface area contributed by atoms with Crippen molar-refractivity contribution in [3.05, 3.63) is 107 Å². The number of hydrogen-bond donors (Lipinski definition) is 1. The Morgan fingerprint density at radius 3 is 2.58 bits per heavy atom. The number of carbonyl (C=O) groups is 1. The summed E-state index contributed by atoms with van der Waals surface area (Å²) in [7, 11) is 0. The Morgan fingerprint density at radius 1 is 1.17 bits per heavy atom. The van der Waals surface area contributed by atoms with Gasteiger partial charge < -0.3 is 10.1 Å². The molecule has 1 amide bonds. The fraction of sp³-hybridized carbons (Fsp3) is 0.0741. The van der Waals surface area contributed by atoms with Gasteiger partial charge in [0.15, 0.2) is 5.57 Å². The highest BCUT2D eigenvalue weighted by Gasteiger charge is 2.18. The highest BCUT2D eigenvalue weighted by molar-refractivity contribution is 9.10. The molecule has 0 saturated carbocycles. The van der Waals surface area contributed by atoms with Gasteiger partial charge in [0, 0.05) is 10.0 Å². The van der Waals surface area contributed by atoms with Gasteiger partial charge in [0.1, 0.15) is 16.5 Å². The van der Waals surface area contributed by atoms with Crippen molar-refractivity contribution in [3.8, 4) is 17.5 Å². The Labute approximate surface area is 224 Å². The van der Waals surface area contributed by atoms with Gasteiger partial charge in [-0.05, 0) is 55.5 Å². The lowest BCUT2D eigenvalue weighted by Gasteiger charge is -2.07. The van der Waals surface area contributed by atoms with E-state index in [1.165, 1.54) is 4.57 Å². The number of thiazole rings is 1. The maximum Gasteiger partial charge on any atom is 0.273 e. The van der Waals surface area contributed by atoms with Crippen molar-refractivity contribution in [2.75, 3.05) is 11.9 Å². The molecule has 3 aromatic carbocycles. The minimum absolute atomic E-state index is 0.206. The van der Waals surface area contributed by atoms with Gasteiger partial charge in [-0.15, -0.1) is 11.3 Å². The van der Waals surface area contributed by atoms with E-state index in [-0.39, 0.29) is 15.8 Å². The quantitative estimate of drug-likeness (QED) is 0.353. The molecule has 1 N–H and O–H groups in total. The van der Waals surface area contributed by atoms with Crippen molar-refractivity contribution < 1.29 is 9.53 Å². The van der Waals surface area contributed by atoms with E-state index < -0.39 is 5.91 Å². The number of anilines is 1. The number of para-hydroxylation sites is 2. The number of halogens is 2. The summed E-state index contributed by atoms with van der Waals surface area (Å²) in [6.45, 7) is 2.34. The van der Waals surface area contributed by atoms with Crippen LogP contribution in [-0.4, -0.2) is 17.1 Å². The monoisotopic (exact) mass is 579 g/mol. The van der Waals surface area contributed by atoms with Gasteiger partial charge in [-0.1, -0.05) is 57.9 Å². The van der Waals surface area contributed by atoms with Crippen LogP contribution in [0.1, 0.15) is 12.5 Å². The number of aromatic nitrogens is 1. The largest absolute Gasteiger partial charge is 0.493 e. The normalized spacial score (nSPS) is 12.1. The van der Waals surface area contributed by atoms with E-state index in [1.807, 2.05) is 37.3 Å². The molecule has 0 atom stereocenters. The van der Waals surface area contributed by atoms with E-state index in [2.05, 4.69) is 21.2 Å². The molecule has 0 aliphatic rings. The molecule has 9 heteroatoms. The third kappa shape index (κ3) is 5.44. The minimum Gasteiger partial charge on any atom is -0.493 e. The van der Waals surface area contributed by atoms with Gasteiger partial charge in [-0.25, -0.2) is 0 Å². The van der Waals surface area contributed by atoms with Crippen molar-refractivity contribution in [2.45, 2.75) is 6.92 Å². The molecule has 180 valence electrons. The maximum atomic E-state index is 13.6. The molecule has 6 nitrogen and oxygen atoms in total. The SMILES string of the molecule is CCOc1ccc(Br)cc1C=c1sc(=C(C#N)C(=O)Nc2ccccc2Cl)n(-c2ccccc2)c1=O. The molecular formula is C27H19BrClN3O3S. The number of ether oxygens (including phenoxy) is 1. The van der Waals surface area contributed by atoms with Crippen LogP contribution in [0.15, 0.2) is 82.1 Å². The Hall–Kier alpha value is -3.64. The molecule has 0 aliphatic heterocycles. The summed E-state index contributed by atoms with van der Waals surface area (Å²) in [5, 5.41) is 13.0. The summed E-state index contributed by atoms with van der Waals surface area (Å²) >= 11 is 10.7. The number of amides is 1. The third-order valence-corrected chi connectivity index (χ3v) is 6.99. The number of nitriles is 1. The van der Waals surface area contributed by atoms with Gasteiger partial charge in [0.2, 0.25) is 0 Å². The molecule has 0 unspecified atom stereocenters. The molecule has 0 spiro atoms. The molecule has 0 aliphatic carbocycles. The smallest absolute Gasteiger partial charge is 0.273 e. The third-order valence-electron chi connectivity index (χ3n) is 5.07. The lowest BCUT2D eigenvalue weighted by atomic mass is 10.2. The fourth-order valence-corrected chi connectivity index (χ4v) is 5.12. The van der Waals surface area contributed by atoms with E-state index in [1.54, 1.807) is 54.6 Å². The summed E-state index contributed by atoms with van der Waals surface area (Å²) in [6.07, 6.45) is 1.70. The molecule has 4 aromatic rings. The van der Waals surface area contributed by atoms with Crippen LogP contribution in [0.25, 0.3) is 17.3 Å². The highest BCUT2D eigenvalue weighted by atomic mass is 79.9. The van der Waals surface area contributed by atoms with Crippen LogP contribution in [0.2, 0.25) is 5.02 Å². The Kier molecular flexibility index (Phi) is 8.06. The molecule has 1 heterocycles. The van der Waals surface area contributed by atoms with E-state index in [0.717, 1.165) is 15.8 Å². The standard InChI is InChI=1S/C27H19BrClN3O3S/c1-2-35-23-13-12-18(28)14-17(23)15-24-26(34)32(19-8-4-3-5-9-19)27(36-24)20(16-30)25(33)31-22-11-7-6-10-21(22)29/h3-15H,2H2,1H3,(H,31,33). The number of nitrogens with zero attached hydrogens (tertiary/aromatic N) is 2. The number of benzene rings is 3. The summed E-state index contributed by atoms with van der Waals surface area (Å²) in [6, 6.07) is 23.1. The first-order valence-corrected chi connectivity index (χ1v) is 12.8. The number of carbonyl (C=O) groups excluding carboxylic acids is 1. The summed E-state index contributed by atoms with van der Waals surface area (Å²) in [5.74, 6) is -0.0530. The summed E-state index contributed by atoms with van der Waals surface area (Å²) in [5.41, 5.74) is 1.02. The van der Waals surface area contributed by atoms with Crippen molar-refractivity contribution >= 4 is 62.1 Å². The Balaban J connectivity index is 1.98. The molecule has 0 bridgehead atoms. The fourth-order valence-electron chi connectivity index (χ4n) is 3.46. The first kappa shape index (κ1) is 25.5. The highest BCUT2D eigenvalue weighted by Crippen LogP contribution is 2.24. The molecule has 36 heavy (non-hydrogen) atoms. The first-order valence-electron chi connectivity index (χ1n) is 10.8. The number of rotatable bonds is 6. The number of nitrogens with one attached hydrogen (secondary N) is 1. The molecule has 0 radical (unpaired) electrons. The van der Waals surface area contributed by atoms with Crippen molar-refractivity contribution in [3.63, 3.8) is 0 Å². The second-order valence-corrected chi connectivity index (χ2v) is 9.78. The second kappa shape index (κ2) is 11.4. The zero-order valence-electron chi connectivity index (χ0n) is 19.0. The van der Waals surface area contributed by atoms with Crippen molar-refractivity contribution in [1.29, 1.82) is 5.26 Å². The summed E-state index contributed by atoms with van der Waals surface area (Å²) in [4.78, 5) is 26.8. The summed E-state index contributed by atoms with van der Waals surface area (Å²) < 4.78 is 8.46. The Morgan fingerprint density at radius 2 is 1.89 bits per heavy atom. The minimum atomic E-state index is -0.666. The van der Waals surface area contributed by atoms with Crippen LogP contribution in [0, 0.1) is 11.3 Å². The average molecular weight is 581 g/mol. The van der Waals surface area contributed by atoms with Gasteiger partial charge >= 0.3 is 0 Å². The Bertz CT molecular complexity index is 1660. The topological polar surface area (TPSA) is 84.1 Å². The molecule has 1 aromatic heterocycles. The van der Waals surface area contributed by atoms with Crippen LogP contribution < -0.4 is 24.8 Å². The first-order chi connectivity index (χ1) is 17.4. The molecule has 4 rings (SSSR count). The van der Waals surface area contributed by atoms with Crippen LogP contribution in [-0.2, 0) is 4.79 Å². The van der Waals surface area contributed by atoms with Crippen LogP contribution >= 0.6 is 38.9 Å². The maximum absolute atomic E-state index is 13.6. The lowest BCUT2D eigenvalue weighted by Crippen LogP contribution is -2.32. The second-order valence-electron chi connectivity index (χ2n) is 7.43. The molecular weight excluding hydrogens is 562 g/mol. The van der Waals surface area contributed by atoms with E-state index in [0.29, 0.717) is 38.8 Å². The van der Waals surface area contributed by atoms with E-state index >= 15 is 0 Å². The van der Waals surface area contributed by atoms with Gasteiger partial charge in [-0.2, -0.15) is 5.26 Å². The predicted molar refractivity (Wildman–Crippen MR) is 147 cm³/mol. The van der Waals surface area contributed by atoms with Gasteiger partial charge in [-0.3, -0.25) is 14.2 Å². The predicted octanol–water partition coefficient (Wildman–Crippen LogP) is 4.86. The lowest BCUT2D eigenvalue weighted by molar-refractivity contribution is -0.111. The molecule has 0 fully saturated rings. The molecule has 0 saturated heterocycles. The van der Waals surface area contributed by atoms with Crippen molar-refractivity contribution in [1.82, 2.24) is 4.57 Å². The number of hydrogen-bond acceptors (Lipinski definition) is 5. The average Bonchev–Trinajstić information content (AvgIpc) is 3.18. The zero-order valence-corrected chi connectivity index (χ0v) is 22.2. The van der Waals surface area contributed by atoms with Gasteiger partial charge in [0.25, 0.3) is 11.5 Å². The van der Waals surface area contributed by atoms with Crippen molar-refractivity contribution in [2.24, 2.45) is 0 Å². The van der Waals surface area contributed by atoms with Crippen LogP contribution in [0.5, 0.6) is 5.75 Å². The van der Waals surface area contributed by atoms with Crippen LogP contribution in [0.3, 0.4) is 0 Å². The van der Waals surface area contributed by atoms with E-state index in [4.69, 9.17) is 16.3 Å².